The molecule has 1 amide bonds. The van der Waals surface area contributed by atoms with Crippen LogP contribution in [0.2, 0.25) is 0 Å². The van der Waals surface area contributed by atoms with E-state index in [9.17, 15) is 4.79 Å². The third-order valence-corrected chi connectivity index (χ3v) is 3.29. The van der Waals surface area contributed by atoms with Crippen LogP contribution < -0.4 is 10.6 Å². The number of carbonyl (C=O) groups is 1. The number of amides is 1. The highest BCUT2D eigenvalue weighted by atomic mass is 16.1. The molecular weight excluding hydrogens is 200 g/mol. The highest BCUT2D eigenvalue weighted by Crippen LogP contribution is 2.25. The minimum Gasteiger partial charge on any atom is -0.371 e. The molecule has 2 N–H and O–H groups in total. The molecule has 0 aromatic heterocycles. The van der Waals surface area contributed by atoms with Crippen molar-refractivity contribution in [1.82, 2.24) is 0 Å². The van der Waals surface area contributed by atoms with Gasteiger partial charge >= 0.3 is 0 Å². The van der Waals surface area contributed by atoms with E-state index < -0.39 is 0 Å². The van der Waals surface area contributed by atoms with E-state index in [0.29, 0.717) is 5.56 Å². The van der Waals surface area contributed by atoms with Gasteiger partial charge in [0.25, 0.3) is 5.91 Å². The Morgan fingerprint density at radius 2 is 1.94 bits per heavy atom. The van der Waals surface area contributed by atoms with Gasteiger partial charge < -0.3 is 10.6 Å². The topological polar surface area (TPSA) is 46.3 Å². The summed E-state index contributed by atoms with van der Waals surface area (Å²) < 4.78 is 0. The fourth-order valence-corrected chi connectivity index (χ4v) is 2.21. The zero-order valence-corrected chi connectivity index (χ0v) is 9.65. The number of rotatable bonds is 2. The Morgan fingerprint density at radius 3 is 2.56 bits per heavy atom. The molecule has 1 aromatic rings. The van der Waals surface area contributed by atoms with Crippen molar-refractivity contribution < 1.29 is 4.79 Å². The van der Waals surface area contributed by atoms with Gasteiger partial charge in [-0.3, -0.25) is 4.79 Å². The molecule has 0 radical (unpaired) electrons. The first kappa shape index (κ1) is 11.0. The lowest BCUT2D eigenvalue weighted by Crippen LogP contribution is -2.34. The minimum atomic E-state index is -0.339. The largest absolute Gasteiger partial charge is 0.371 e. The van der Waals surface area contributed by atoms with Gasteiger partial charge in [-0.1, -0.05) is 19.1 Å². The fourth-order valence-electron chi connectivity index (χ4n) is 2.21. The zero-order chi connectivity index (χ0) is 11.5. The van der Waals surface area contributed by atoms with Crippen LogP contribution in [0.1, 0.15) is 30.1 Å². The number of anilines is 1. The monoisotopic (exact) mass is 218 g/mol. The molecule has 1 aliphatic heterocycles. The Labute approximate surface area is 96.2 Å². The number of carbonyl (C=O) groups excluding carboxylic acids is 1. The summed E-state index contributed by atoms with van der Waals surface area (Å²) in [5, 5.41) is 0. The van der Waals surface area contributed by atoms with Crippen LogP contribution in [0.15, 0.2) is 24.3 Å². The highest BCUT2D eigenvalue weighted by molar-refractivity contribution is 5.98. The third kappa shape index (κ3) is 2.18. The molecule has 0 atom stereocenters. The predicted molar refractivity (Wildman–Crippen MR) is 65.6 cm³/mol. The molecule has 1 saturated heterocycles. The lowest BCUT2D eigenvalue weighted by molar-refractivity contribution is 0.100. The number of para-hydroxylation sites is 1. The summed E-state index contributed by atoms with van der Waals surface area (Å²) in [4.78, 5) is 13.6. The van der Waals surface area contributed by atoms with Crippen molar-refractivity contribution in [2.45, 2.75) is 19.8 Å². The molecule has 0 unspecified atom stereocenters. The Bertz CT molecular complexity index is 381. The van der Waals surface area contributed by atoms with E-state index in [2.05, 4.69) is 11.8 Å². The number of hydrogen-bond acceptors (Lipinski definition) is 2. The molecule has 3 heteroatoms. The molecule has 1 fully saturated rings. The van der Waals surface area contributed by atoms with Crippen LogP contribution in [0.25, 0.3) is 0 Å². The number of hydrogen-bond donors (Lipinski definition) is 1. The van der Waals surface area contributed by atoms with Crippen LogP contribution in [0.4, 0.5) is 5.69 Å². The molecule has 1 aromatic carbocycles. The maximum atomic E-state index is 11.3. The summed E-state index contributed by atoms with van der Waals surface area (Å²) in [6.45, 7) is 4.31. The van der Waals surface area contributed by atoms with E-state index in [-0.39, 0.29) is 5.91 Å². The van der Waals surface area contributed by atoms with Gasteiger partial charge in [-0.15, -0.1) is 0 Å². The summed E-state index contributed by atoms with van der Waals surface area (Å²) in [6, 6.07) is 7.60. The molecule has 1 heterocycles. The Morgan fingerprint density at radius 1 is 1.31 bits per heavy atom. The summed E-state index contributed by atoms with van der Waals surface area (Å²) in [6.07, 6.45) is 2.38. The van der Waals surface area contributed by atoms with E-state index in [1.165, 1.54) is 12.8 Å². The smallest absolute Gasteiger partial charge is 0.250 e. The third-order valence-electron chi connectivity index (χ3n) is 3.29. The first-order chi connectivity index (χ1) is 7.68. The number of nitrogens with two attached hydrogens (primary N) is 1. The van der Waals surface area contributed by atoms with Crippen LogP contribution in [-0.2, 0) is 0 Å². The van der Waals surface area contributed by atoms with E-state index in [4.69, 9.17) is 5.73 Å². The molecule has 0 aliphatic carbocycles. The second-order valence-corrected chi connectivity index (χ2v) is 4.55. The quantitative estimate of drug-likeness (QED) is 0.825. The maximum Gasteiger partial charge on any atom is 0.250 e. The maximum absolute atomic E-state index is 11.3. The lowest BCUT2D eigenvalue weighted by Gasteiger charge is -2.33. The molecule has 0 saturated carbocycles. The number of primary amides is 1. The molecular formula is C13H18N2O. The molecule has 16 heavy (non-hydrogen) atoms. The normalized spacial score (nSPS) is 17.4. The van der Waals surface area contributed by atoms with E-state index >= 15 is 0 Å². The molecule has 86 valence electrons. The Balaban J connectivity index is 2.23. The molecule has 1 aliphatic rings. The van der Waals surface area contributed by atoms with Gasteiger partial charge in [0.15, 0.2) is 0 Å². The average molecular weight is 218 g/mol. The molecule has 0 spiro atoms. The van der Waals surface area contributed by atoms with Crippen molar-refractivity contribution in [3.8, 4) is 0 Å². The summed E-state index contributed by atoms with van der Waals surface area (Å²) >= 11 is 0. The van der Waals surface area contributed by atoms with Crippen molar-refractivity contribution in [3.63, 3.8) is 0 Å². The summed E-state index contributed by atoms with van der Waals surface area (Å²) in [5.74, 6) is 0.450. The van der Waals surface area contributed by atoms with Crippen molar-refractivity contribution in [1.29, 1.82) is 0 Å². The molecule has 3 nitrogen and oxygen atoms in total. The van der Waals surface area contributed by atoms with Gasteiger partial charge in [0.1, 0.15) is 0 Å². The number of nitrogens with zero attached hydrogens (tertiary/aromatic N) is 1. The molecule has 0 bridgehead atoms. The SMILES string of the molecule is CC1CCN(c2ccccc2C(N)=O)CC1. The second-order valence-electron chi connectivity index (χ2n) is 4.55. The van der Waals surface area contributed by atoms with Gasteiger partial charge in [0.2, 0.25) is 0 Å². The Kier molecular flexibility index (Phi) is 3.13. The molecule has 2 rings (SSSR count). The number of piperidine rings is 1. The first-order valence-electron chi connectivity index (χ1n) is 5.82. The van der Waals surface area contributed by atoms with Gasteiger partial charge in [0, 0.05) is 18.8 Å². The van der Waals surface area contributed by atoms with E-state index in [1.54, 1.807) is 6.07 Å². The van der Waals surface area contributed by atoms with E-state index in [0.717, 1.165) is 24.7 Å². The predicted octanol–water partition coefficient (Wildman–Crippen LogP) is 2.02. The van der Waals surface area contributed by atoms with Crippen LogP contribution in [0, 0.1) is 5.92 Å². The van der Waals surface area contributed by atoms with Crippen LogP contribution >= 0.6 is 0 Å². The van der Waals surface area contributed by atoms with Crippen molar-refractivity contribution in [2.75, 3.05) is 18.0 Å². The fraction of sp³-hybridized carbons (Fsp3) is 0.462. The lowest BCUT2D eigenvalue weighted by atomic mass is 9.98. The van der Waals surface area contributed by atoms with E-state index in [1.807, 2.05) is 18.2 Å². The van der Waals surface area contributed by atoms with Crippen molar-refractivity contribution >= 4 is 11.6 Å². The highest BCUT2D eigenvalue weighted by Gasteiger charge is 2.19. The van der Waals surface area contributed by atoms with Gasteiger partial charge in [-0.2, -0.15) is 0 Å². The van der Waals surface area contributed by atoms with Crippen molar-refractivity contribution in [2.24, 2.45) is 11.7 Å². The second kappa shape index (κ2) is 4.56. The summed E-state index contributed by atoms with van der Waals surface area (Å²) in [5.41, 5.74) is 7.01. The first-order valence-corrected chi connectivity index (χ1v) is 5.82. The van der Waals surface area contributed by atoms with Crippen LogP contribution in [0.3, 0.4) is 0 Å². The van der Waals surface area contributed by atoms with Crippen LogP contribution in [-0.4, -0.2) is 19.0 Å². The average Bonchev–Trinajstić information content (AvgIpc) is 2.30. The minimum absolute atomic E-state index is 0.339. The van der Waals surface area contributed by atoms with Crippen LogP contribution in [0.5, 0.6) is 0 Å². The number of benzene rings is 1. The Hall–Kier alpha value is -1.51. The zero-order valence-electron chi connectivity index (χ0n) is 9.65. The standard InChI is InChI=1S/C13H18N2O/c1-10-6-8-15(9-7-10)12-5-3-2-4-11(12)13(14)16/h2-5,10H,6-9H2,1H3,(H2,14,16). The summed E-state index contributed by atoms with van der Waals surface area (Å²) in [7, 11) is 0. The van der Waals surface area contributed by atoms with Gasteiger partial charge in [-0.05, 0) is 30.9 Å². The van der Waals surface area contributed by atoms with Crippen molar-refractivity contribution in [3.05, 3.63) is 29.8 Å². The van der Waals surface area contributed by atoms with Gasteiger partial charge in [0.05, 0.1) is 5.56 Å². The van der Waals surface area contributed by atoms with Gasteiger partial charge in [-0.25, -0.2) is 0 Å².